The summed E-state index contributed by atoms with van der Waals surface area (Å²) in [6, 6.07) is 9.65. The second kappa shape index (κ2) is 7.63. The number of methoxy groups -OCH3 is 2. The number of amides is 1. The third kappa shape index (κ3) is 3.74. The number of phenols is 1. The maximum Gasteiger partial charge on any atom is 0.261 e. The van der Waals surface area contributed by atoms with Gasteiger partial charge in [-0.15, -0.1) is 11.3 Å². The highest BCUT2D eigenvalue weighted by molar-refractivity contribution is 7.14. The Morgan fingerprint density at radius 3 is 2.73 bits per heavy atom. The van der Waals surface area contributed by atoms with Crippen molar-refractivity contribution in [3.63, 3.8) is 0 Å². The molecule has 0 unspecified atom stereocenters. The standard InChI is InChI=1S/C18H15ClN2O4S/c1-24-11-4-6-16(25-2)12(8-11)14-9-26-18(20-14)21-17(23)13-7-10(19)3-5-15(13)22/h3-9,22H,1-2H3,(H,20,21,23). The molecular weight excluding hydrogens is 376 g/mol. The number of thiazole rings is 1. The number of rotatable bonds is 5. The van der Waals surface area contributed by atoms with Crippen molar-refractivity contribution in [2.24, 2.45) is 0 Å². The molecule has 0 radical (unpaired) electrons. The highest BCUT2D eigenvalue weighted by Gasteiger charge is 2.16. The summed E-state index contributed by atoms with van der Waals surface area (Å²) in [6.45, 7) is 0. The molecule has 1 heterocycles. The number of ether oxygens (including phenoxy) is 2. The molecule has 2 aromatic carbocycles. The molecule has 2 N–H and O–H groups in total. The molecule has 0 saturated carbocycles. The van der Waals surface area contributed by atoms with Gasteiger partial charge in [-0.25, -0.2) is 4.98 Å². The molecule has 26 heavy (non-hydrogen) atoms. The van der Waals surface area contributed by atoms with Crippen molar-refractivity contribution in [1.29, 1.82) is 0 Å². The number of carbonyl (C=O) groups excluding carboxylic acids is 1. The predicted octanol–water partition coefficient (Wildman–Crippen LogP) is 4.44. The van der Waals surface area contributed by atoms with Gasteiger partial charge in [0.05, 0.1) is 25.5 Å². The predicted molar refractivity (Wildman–Crippen MR) is 102 cm³/mol. The summed E-state index contributed by atoms with van der Waals surface area (Å²) in [5.74, 6) is 0.659. The lowest BCUT2D eigenvalue weighted by molar-refractivity contribution is 0.102. The maximum atomic E-state index is 12.3. The van der Waals surface area contributed by atoms with E-state index in [4.69, 9.17) is 21.1 Å². The average molecular weight is 391 g/mol. The second-order valence-electron chi connectivity index (χ2n) is 5.22. The van der Waals surface area contributed by atoms with Crippen LogP contribution in [0.1, 0.15) is 10.4 Å². The number of hydrogen-bond donors (Lipinski definition) is 2. The molecule has 0 fully saturated rings. The van der Waals surface area contributed by atoms with Crippen LogP contribution in [0.15, 0.2) is 41.8 Å². The van der Waals surface area contributed by atoms with E-state index in [1.54, 1.807) is 31.7 Å². The van der Waals surface area contributed by atoms with Crippen LogP contribution in [0.2, 0.25) is 5.02 Å². The fraction of sp³-hybridized carbons (Fsp3) is 0.111. The van der Waals surface area contributed by atoms with Crippen LogP contribution in [0.5, 0.6) is 17.2 Å². The number of hydrogen-bond acceptors (Lipinski definition) is 6. The summed E-state index contributed by atoms with van der Waals surface area (Å²) in [7, 11) is 3.15. The molecule has 1 aromatic heterocycles. The summed E-state index contributed by atoms with van der Waals surface area (Å²) in [5.41, 5.74) is 1.46. The largest absolute Gasteiger partial charge is 0.507 e. The van der Waals surface area contributed by atoms with E-state index >= 15 is 0 Å². The van der Waals surface area contributed by atoms with E-state index < -0.39 is 5.91 Å². The van der Waals surface area contributed by atoms with Gasteiger partial charge in [-0.2, -0.15) is 0 Å². The number of aromatic nitrogens is 1. The molecule has 6 nitrogen and oxygen atoms in total. The maximum absolute atomic E-state index is 12.3. The molecule has 3 rings (SSSR count). The number of anilines is 1. The quantitative estimate of drug-likeness (QED) is 0.673. The Morgan fingerprint density at radius 1 is 1.19 bits per heavy atom. The van der Waals surface area contributed by atoms with Gasteiger partial charge in [0.1, 0.15) is 17.2 Å². The van der Waals surface area contributed by atoms with Crippen LogP contribution in [-0.4, -0.2) is 30.2 Å². The first-order chi connectivity index (χ1) is 12.5. The third-order valence-corrected chi connectivity index (χ3v) is 4.60. The molecule has 0 saturated heterocycles. The van der Waals surface area contributed by atoms with Crippen molar-refractivity contribution >= 4 is 34.0 Å². The zero-order valence-corrected chi connectivity index (χ0v) is 15.5. The molecule has 1 amide bonds. The Hall–Kier alpha value is -2.77. The lowest BCUT2D eigenvalue weighted by Crippen LogP contribution is -2.11. The van der Waals surface area contributed by atoms with Gasteiger partial charge in [-0.05, 0) is 36.4 Å². The number of aromatic hydroxyl groups is 1. The fourth-order valence-corrected chi connectivity index (χ4v) is 3.20. The first kappa shape index (κ1) is 18.0. The SMILES string of the molecule is COc1ccc(OC)c(-c2csc(NC(=O)c3cc(Cl)ccc3O)n2)c1. The van der Waals surface area contributed by atoms with Gasteiger partial charge >= 0.3 is 0 Å². The zero-order chi connectivity index (χ0) is 18.7. The molecule has 0 aliphatic heterocycles. The van der Waals surface area contributed by atoms with Gasteiger partial charge in [0, 0.05) is 16.0 Å². The molecule has 3 aromatic rings. The van der Waals surface area contributed by atoms with E-state index in [9.17, 15) is 9.90 Å². The smallest absolute Gasteiger partial charge is 0.261 e. The summed E-state index contributed by atoms with van der Waals surface area (Å²) >= 11 is 7.14. The number of nitrogens with one attached hydrogen (secondary N) is 1. The van der Waals surface area contributed by atoms with Crippen molar-refractivity contribution in [3.8, 4) is 28.5 Å². The lowest BCUT2D eigenvalue weighted by atomic mass is 10.1. The van der Waals surface area contributed by atoms with E-state index in [2.05, 4.69) is 10.3 Å². The minimum Gasteiger partial charge on any atom is -0.507 e. The number of benzene rings is 2. The van der Waals surface area contributed by atoms with Crippen molar-refractivity contribution < 1.29 is 19.4 Å². The Labute approximate surface area is 159 Å². The van der Waals surface area contributed by atoms with Gasteiger partial charge in [0.2, 0.25) is 0 Å². The van der Waals surface area contributed by atoms with Crippen LogP contribution >= 0.6 is 22.9 Å². The molecule has 8 heteroatoms. The van der Waals surface area contributed by atoms with E-state index in [-0.39, 0.29) is 11.3 Å². The van der Waals surface area contributed by atoms with Crippen LogP contribution in [0.4, 0.5) is 5.13 Å². The Bertz CT molecular complexity index is 958. The van der Waals surface area contributed by atoms with Crippen LogP contribution in [0.3, 0.4) is 0 Å². The topological polar surface area (TPSA) is 80.7 Å². The highest BCUT2D eigenvalue weighted by Crippen LogP contribution is 2.35. The van der Waals surface area contributed by atoms with Crippen molar-refractivity contribution in [2.45, 2.75) is 0 Å². The number of carbonyl (C=O) groups is 1. The average Bonchev–Trinajstić information content (AvgIpc) is 3.11. The monoisotopic (exact) mass is 390 g/mol. The highest BCUT2D eigenvalue weighted by atomic mass is 35.5. The molecule has 0 aliphatic rings. The van der Waals surface area contributed by atoms with Gasteiger partial charge in [-0.1, -0.05) is 11.6 Å². The molecular formula is C18H15ClN2O4S. The Balaban J connectivity index is 1.87. The van der Waals surface area contributed by atoms with E-state index in [1.807, 2.05) is 6.07 Å². The molecule has 134 valence electrons. The number of phenolic OH excluding ortho intramolecular Hbond substituents is 1. The first-order valence-corrected chi connectivity index (χ1v) is 8.75. The summed E-state index contributed by atoms with van der Waals surface area (Å²) in [4.78, 5) is 16.8. The molecule has 0 aliphatic carbocycles. The molecule has 0 atom stereocenters. The lowest BCUT2D eigenvalue weighted by Gasteiger charge is -2.08. The molecule has 0 spiro atoms. The van der Waals surface area contributed by atoms with Gasteiger partial charge in [-0.3, -0.25) is 10.1 Å². The number of nitrogens with zero attached hydrogens (tertiary/aromatic N) is 1. The van der Waals surface area contributed by atoms with Gasteiger partial charge in [0.15, 0.2) is 5.13 Å². The fourth-order valence-electron chi connectivity index (χ4n) is 2.32. The van der Waals surface area contributed by atoms with E-state index in [1.165, 1.54) is 29.5 Å². The van der Waals surface area contributed by atoms with Crippen LogP contribution in [-0.2, 0) is 0 Å². The summed E-state index contributed by atoms with van der Waals surface area (Å²) < 4.78 is 10.6. The van der Waals surface area contributed by atoms with E-state index in [0.29, 0.717) is 27.3 Å². The Kier molecular flexibility index (Phi) is 5.29. The van der Waals surface area contributed by atoms with E-state index in [0.717, 1.165) is 5.56 Å². The van der Waals surface area contributed by atoms with Crippen molar-refractivity contribution in [1.82, 2.24) is 4.98 Å². The van der Waals surface area contributed by atoms with Crippen molar-refractivity contribution in [3.05, 3.63) is 52.4 Å². The van der Waals surface area contributed by atoms with Crippen LogP contribution < -0.4 is 14.8 Å². The first-order valence-electron chi connectivity index (χ1n) is 7.49. The molecule has 0 bridgehead atoms. The minimum atomic E-state index is -0.497. The van der Waals surface area contributed by atoms with Crippen LogP contribution in [0.25, 0.3) is 11.3 Å². The normalized spacial score (nSPS) is 10.4. The summed E-state index contributed by atoms with van der Waals surface area (Å²) in [5, 5.41) is 15.0. The Morgan fingerprint density at radius 2 is 2.00 bits per heavy atom. The van der Waals surface area contributed by atoms with Gasteiger partial charge < -0.3 is 14.6 Å². The summed E-state index contributed by atoms with van der Waals surface area (Å²) in [6.07, 6.45) is 0. The second-order valence-corrected chi connectivity index (χ2v) is 6.51. The number of halogens is 1. The van der Waals surface area contributed by atoms with Crippen LogP contribution in [0, 0.1) is 0 Å². The zero-order valence-electron chi connectivity index (χ0n) is 13.9. The van der Waals surface area contributed by atoms with Crippen molar-refractivity contribution in [2.75, 3.05) is 19.5 Å². The third-order valence-electron chi connectivity index (χ3n) is 3.61. The van der Waals surface area contributed by atoms with Gasteiger partial charge in [0.25, 0.3) is 5.91 Å². The minimum absolute atomic E-state index is 0.0770.